The third-order valence-electron chi connectivity index (χ3n) is 3.63. The van der Waals surface area contributed by atoms with Crippen molar-refractivity contribution in [3.63, 3.8) is 0 Å². The van der Waals surface area contributed by atoms with Crippen molar-refractivity contribution in [1.29, 1.82) is 0 Å². The fourth-order valence-electron chi connectivity index (χ4n) is 2.37. The smallest absolute Gasteiger partial charge is 0.251 e. The van der Waals surface area contributed by atoms with E-state index in [4.69, 9.17) is 9.47 Å². The second-order valence-corrected chi connectivity index (χ2v) is 4.84. The van der Waals surface area contributed by atoms with Crippen molar-refractivity contribution in [1.82, 2.24) is 14.9 Å². The minimum absolute atomic E-state index is 0.0613. The SMILES string of the molecule is CC[C@@H](OC)C(=O)N1CCN(c2nccc(OC)n2)CC1. The molecular weight excluding hydrogens is 272 g/mol. The molecule has 1 fully saturated rings. The highest BCUT2D eigenvalue weighted by molar-refractivity contribution is 5.81. The standard InChI is InChI=1S/C14H22N4O3/c1-4-11(20-2)13(19)17-7-9-18(10-8-17)14-15-6-5-12(16-14)21-3/h5-6,11H,4,7-10H2,1-3H3/t11-/m1/s1. The molecule has 1 atom stereocenters. The van der Waals surface area contributed by atoms with Crippen LogP contribution < -0.4 is 9.64 Å². The summed E-state index contributed by atoms with van der Waals surface area (Å²) in [4.78, 5) is 24.7. The average molecular weight is 294 g/mol. The molecule has 2 heterocycles. The monoisotopic (exact) mass is 294 g/mol. The first-order valence-electron chi connectivity index (χ1n) is 7.13. The Morgan fingerprint density at radius 1 is 1.33 bits per heavy atom. The van der Waals surface area contributed by atoms with Crippen LogP contribution in [0.3, 0.4) is 0 Å². The number of piperazine rings is 1. The highest BCUT2D eigenvalue weighted by Crippen LogP contribution is 2.15. The largest absolute Gasteiger partial charge is 0.481 e. The van der Waals surface area contributed by atoms with Crippen LogP contribution in [0.5, 0.6) is 5.88 Å². The molecule has 0 aromatic carbocycles. The van der Waals surface area contributed by atoms with Gasteiger partial charge < -0.3 is 19.3 Å². The molecule has 1 aromatic rings. The molecule has 7 nitrogen and oxygen atoms in total. The van der Waals surface area contributed by atoms with Crippen LogP contribution in [-0.4, -0.2) is 67.3 Å². The minimum Gasteiger partial charge on any atom is -0.481 e. The van der Waals surface area contributed by atoms with Gasteiger partial charge in [-0.25, -0.2) is 4.98 Å². The third kappa shape index (κ3) is 3.60. The molecule has 0 N–H and O–H groups in total. The van der Waals surface area contributed by atoms with Crippen molar-refractivity contribution in [3.05, 3.63) is 12.3 Å². The molecule has 7 heteroatoms. The quantitative estimate of drug-likeness (QED) is 0.790. The number of nitrogens with zero attached hydrogens (tertiary/aromatic N) is 4. The zero-order valence-corrected chi connectivity index (χ0v) is 12.8. The molecule has 1 aromatic heterocycles. The molecule has 0 saturated carbocycles. The molecule has 1 aliphatic heterocycles. The summed E-state index contributed by atoms with van der Waals surface area (Å²) in [5.41, 5.74) is 0. The van der Waals surface area contributed by atoms with E-state index in [-0.39, 0.29) is 12.0 Å². The summed E-state index contributed by atoms with van der Waals surface area (Å²) in [7, 11) is 3.16. The van der Waals surface area contributed by atoms with Crippen LogP contribution in [0.15, 0.2) is 12.3 Å². The van der Waals surface area contributed by atoms with E-state index < -0.39 is 0 Å². The van der Waals surface area contributed by atoms with E-state index in [0.29, 0.717) is 44.4 Å². The van der Waals surface area contributed by atoms with E-state index in [1.807, 2.05) is 11.8 Å². The van der Waals surface area contributed by atoms with E-state index in [1.54, 1.807) is 26.5 Å². The first-order valence-corrected chi connectivity index (χ1v) is 7.13. The van der Waals surface area contributed by atoms with Gasteiger partial charge in [0.25, 0.3) is 5.91 Å². The number of carbonyl (C=O) groups is 1. The Labute approximate surface area is 124 Å². The first kappa shape index (κ1) is 15.5. The van der Waals surface area contributed by atoms with E-state index >= 15 is 0 Å². The van der Waals surface area contributed by atoms with Gasteiger partial charge in [-0.05, 0) is 6.42 Å². The van der Waals surface area contributed by atoms with E-state index in [1.165, 1.54) is 0 Å². The van der Waals surface area contributed by atoms with Gasteiger partial charge in [0.15, 0.2) is 0 Å². The van der Waals surface area contributed by atoms with Crippen molar-refractivity contribution in [2.45, 2.75) is 19.4 Å². The van der Waals surface area contributed by atoms with Crippen molar-refractivity contribution >= 4 is 11.9 Å². The van der Waals surface area contributed by atoms with Crippen LogP contribution in [0.1, 0.15) is 13.3 Å². The second kappa shape index (κ2) is 7.21. The van der Waals surface area contributed by atoms with E-state index in [9.17, 15) is 4.79 Å². The lowest BCUT2D eigenvalue weighted by Gasteiger charge is -2.36. The van der Waals surface area contributed by atoms with Crippen molar-refractivity contribution in [2.24, 2.45) is 0 Å². The Morgan fingerprint density at radius 2 is 2.05 bits per heavy atom. The van der Waals surface area contributed by atoms with Crippen molar-refractivity contribution < 1.29 is 14.3 Å². The van der Waals surface area contributed by atoms with Crippen molar-refractivity contribution in [2.75, 3.05) is 45.3 Å². The molecule has 0 unspecified atom stereocenters. The Morgan fingerprint density at radius 3 is 2.62 bits per heavy atom. The van der Waals surface area contributed by atoms with Gasteiger partial charge in [-0.1, -0.05) is 6.92 Å². The zero-order valence-electron chi connectivity index (χ0n) is 12.8. The lowest BCUT2D eigenvalue weighted by atomic mass is 10.2. The van der Waals surface area contributed by atoms with Gasteiger partial charge in [0.05, 0.1) is 7.11 Å². The molecule has 0 bridgehead atoms. The number of ether oxygens (including phenoxy) is 2. The average Bonchev–Trinajstić information content (AvgIpc) is 2.56. The molecule has 0 aliphatic carbocycles. The maximum Gasteiger partial charge on any atom is 0.251 e. The van der Waals surface area contributed by atoms with Gasteiger partial charge in [-0.3, -0.25) is 4.79 Å². The number of carbonyl (C=O) groups excluding carboxylic acids is 1. The van der Waals surface area contributed by atoms with Crippen LogP contribution >= 0.6 is 0 Å². The molecule has 0 radical (unpaired) electrons. The summed E-state index contributed by atoms with van der Waals surface area (Å²) in [6.07, 6.45) is 2.02. The molecular formula is C14H22N4O3. The van der Waals surface area contributed by atoms with Gasteiger partial charge >= 0.3 is 0 Å². The zero-order chi connectivity index (χ0) is 15.2. The van der Waals surface area contributed by atoms with Crippen LogP contribution in [0, 0.1) is 0 Å². The Kier molecular flexibility index (Phi) is 5.32. The number of amides is 1. The fourth-order valence-corrected chi connectivity index (χ4v) is 2.37. The fraction of sp³-hybridized carbons (Fsp3) is 0.643. The topological polar surface area (TPSA) is 67.8 Å². The predicted molar refractivity (Wildman–Crippen MR) is 78.5 cm³/mol. The number of hydrogen-bond acceptors (Lipinski definition) is 6. The van der Waals surface area contributed by atoms with Gasteiger partial charge in [0.1, 0.15) is 6.10 Å². The summed E-state index contributed by atoms with van der Waals surface area (Å²) >= 11 is 0. The predicted octanol–water partition coefficient (Wildman–Crippen LogP) is 0.559. The first-order chi connectivity index (χ1) is 10.2. The lowest BCUT2D eigenvalue weighted by molar-refractivity contribution is -0.142. The molecule has 1 aliphatic rings. The Hall–Kier alpha value is -1.89. The van der Waals surface area contributed by atoms with Crippen LogP contribution in [0.25, 0.3) is 0 Å². The van der Waals surface area contributed by atoms with Crippen LogP contribution in [0.2, 0.25) is 0 Å². The normalized spacial score (nSPS) is 16.7. The molecule has 116 valence electrons. The van der Waals surface area contributed by atoms with Gasteiger partial charge in [0, 0.05) is 45.6 Å². The summed E-state index contributed by atoms with van der Waals surface area (Å²) < 4.78 is 10.3. The highest BCUT2D eigenvalue weighted by Gasteiger charge is 2.27. The summed E-state index contributed by atoms with van der Waals surface area (Å²) in [5, 5.41) is 0. The maximum absolute atomic E-state index is 12.2. The number of rotatable bonds is 5. The third-order valence-corrected chi connectivity index (χ3v) is 3.63. The Bertz CT molecular complexity index is 471. The molecule has 21 heavy (non-hydrogen) atoms. The lowest BCUT2D eigenvalue weighted by Crippen LogP contribution is -2.52. The summed E-state index contributed by atoms with van der Waals surface area (Å²) in [6, 6.07) is 1.72. The molecule has 0 spiro atoms. The maximum atomic E-state index is 12.2. The summed E-state index contributed by atoms with van der Waals surface area (Å²) in [5.74, 6) is 1.25. The van der Waals surface area contributed by atoms with Crippen LogP contribution in [0.4, 0.5) is 5.95 Å². The number of methoxy groups -OCH3 is 2. The second-order valence-electron chi connectivity index (χ2n) is 4.84. The number of anilines is 1. The number of aromatic nitrogens is 2. The van der Waals surface area contributed by atoms with Gasteiger partial charge in [-0.2, -0.15) is 4.98 Å². The minimum atomic E-state index is -0.343. The molecule has 2 rings (SSSR count). The van der Waals surface area contributed by atoms with Gasteiger partial charge in [0.2, 0.25) is 11.8 Å². The summed E-state index contributed by atoms with van der Waals surface area (Å²) in [6.45, 7) is 4.67. The number of hydrogen-bond donors (Lipinski definition) is 0. The molecule has 1 amide bonds. The molecule has 1 saturated heterocycles. The van der Waals surface area contributed by atoms with E-state index in [0.717, 1.165) is 0 Å². The van der Waals surface area contributed by atoms with Crippen molar-refractivity contribution in [3.8, 4) is 5.88 Å². The van der Waals surface area contributed by atoms with Gasteiger partial charge in [-0.15, -0.1) is 0 Å². The highest BCUT2D eigenvalue weighted by atomic mass is 16.5. The van der Waals surface area contributed by atoms with E-state index in [2.05, 4.69) is 14.9 Å². The van der Waals surface area contributed by atoms with Crippen LogP contribution in [-0.2, 0) is 9.53 Å². The Balaban J connectivity index is 1.95.